The Bertz CT molecular complexity index is 3680. The van der Waals surface area contributed by atoms with Gasteiger partial charge in [-0.05, 0) is 88.0 Å². The van der Waals surface area contributed by atoms with Crippen LogP contribution in [0, 0.1) is 0 Å². The van der Waals surface area contributed by atoms with Crippen LogP contribution in [0.4, 0.5) is 0 Å². The highest BCUT2D eigenvalue weighted by molar-refractivity contribution is 6.12. The van der Waals surface area contributed by atoms with E-state index in [0.29, 0.717) is 17.5 Å². The van der Waals surface area contributed by atoms with Crippen LogP contribution in [0.2, 0.25) is 0 Å². The molecule has 0 aliphatic heterocycles. The van der Waals surface area contributed by atoms with Gasteiger partial charge >= 0.3 is 0 Å². The average molecular weight is 805 g/mol. The minimum atomic E-state index is -0.507. The zero-order valence-electron chi connectivity index (χ0n) is 34.0. The fourth-order valence-corrected chi connectivity index (χ4v) is 10.2. The summed E-state index contributed by atoms with van der Waals surface area (Å²) in [6.45, 7) is 0. The van der Waals surface area contributed by atoms with Crippen molar-refractivity contribution in [2.75, 3.05) is 0 Å². The Kier molecular flexibility index (Phi) is 7.75. The van der Waals surface area contributed by atoms with E-state index in [1.807, 2.05) is 60.7 Å². The molecule has 294 valence electrons. The Morgan fingerprint density at radius 1 is 0.365 bits per heavy atom. The molecule has 63 heavy (non-hydrogen) atoms. The van der Waals surface area contributed by atoms with Crippen LogP contribution in [0.15, 0.2) is 223 Å². The van der Waals surface area contributed by atoms with E-state index in [1.54, 1.807) is 0 Å². The molecular weight excluding hydrogens is 769 g/mol. The fourth-order valence-electron chi connectivity index (χ4n) is 10.2. The number of hydrogen-bond acceptors (Lipinski definition) is 4. The topological polar surface area (TPSA) is 56.7 Å². The van der Waals surface area contributed by atoms with E-state index in [4.69, 9.17) is 19.4 Å². The molecule has 13 rings (SSSR count). The predicted molar refractivity (Wildman–Crippen MR) is 255 cm³/mol. The molecule has 3 aromatic heterocycles. The second-order valence-corrected chi connectivity index (χ2v) is 16.3. The SMILES string of the molecule is c1ccc(-c2nc(-c3ccc(-n4c5ccccc5c5cc6c(cc54)C(c4ccccc4)(c4ccccc4)c4ccccc4-6)cc3)nc(-c3cccc4c3oc3ccccc34)n2)cc1. The van der Waals surface area contributed by atoms with Gasteiger partial charge in [-0.1, -0.05) is 164 Å². The summed E-state index contributed by atoms with van der Waals surface area (Å²) in [7, 11) is 0. The zero-order valence-corrected chi connectivity index (χ0v) is 34.0. The molecule has 9 aromatic carbocycles. The first-order valence-corrected chi connectivity index (χ1v) is 21.4. The van der Waals surface area contributed by atoms with Gasteiger partial charge in [0.15, 0.2) is 17.5 Å². The van der Waals surface area contributed by atoms with Gasteiger partial charge in [-0.3, -0.25) is 0 Å². The Hall–Kier alpha value is -8.41. The molecule has 0 saturated heterocycles. The zero-order chi connectivity index (χ0) is 41.5. The minimum absolute atomic E-state index is 0.507. The molecule has 0 radical (unpaired) electrons. The number of fused-ring (bicyclic) bond motifs is 9. The molecule has 0 fully saturated rings. The summed E-state index contributed by atoms with van der Waals surface area (Å²) in [5.41, 5.74) is 14.7. The van der Waals surface area contributed by atoms with E-state index >= 15 is 0 Å². The first-order chi connectivity index (χ1) is 31.2. The molecule has 0 atom stereocenters. The van der Waals surface area contributed by atoms with Crippen molar-refractivity contribution in [3.8, 4) is 51.0 Å². The maximum atomic E-state index is 6.46. The van der Waals surface area contributed by atoms with Gasteiger partial charge in [0.05, 0.1) is 22.0 Å². The summed E-state index contributed by atoms with van der Waals surface area (Å²) in [5.74, 6) is 1.75. The molecule has 0 saturated carbocycles. The van der Waals surface area contributed by atoms with Gasteiger partial charge in [0.25, 0.3) is 0 Å². The summed E-state index contributed by atoms with van der Waals surface area (Å²) in [5, 5.41) is 4.52. The highest BCUT2D eigenvalue weighted by Crippen LogP contribution is 2.57. The Balaban J connectivity index is 1.00. The number of nitrogens with zero attached hydrogens (tertiary/aromatic N) is 4. The highest BCUT2D eigenvalue weighted by atomic mass is 16.3. The van der Waals surface area contributed by atoms with Gasteiger partial charge in [-0.2, -0.15) is 0 Å². The first-order valence-electron chi connectivity index (χ1n) is 21.4. The molecule has 5 nitrogen and oxygen atoms in total. The van der Waals surface area contributed by atoms with E-state index in [2.05, 4.69) is 162 Å². The average Bonchev–Trinajstić information content (AvgIpc) is 4.00. The molecular formula is C58H36N4O. The van der Waals surface area contributed by atoms with E-state index < -0.39 is 5.41 Å². The lowest BCUT2D eigenvalue weighted by atomic mass is 9.67. The van der Waals surface area contributed by atoms with Crippen LogP contribution in [-0.2, 0) is 5.41 Å². The summed E-state index contributed by atoms with van der Waals surface area (Å²) in [4.78, 5) is 15.3. The number of hydrogen-bond donors (Lipinski definition) is 0. The second-order valence-electron chi connectivity index (χ2n) is 16.3. The van der Waals surface area contributed by atoms with Crippen molar-refractivity contribution in [3.63, 3.8) is 0 Å². The van der Waals surface area contributed by atoms with E-state index in [9.17, 15) is 0 Å². The molecule has 0 N–H and O–H groups in total. The lowest BCUT2D eigenvalue weighted by Crippen LogP contribution is -2.28. The van der Waals surface area contributed by atoms with Crippen molar-refractivity contribution in [1.29, 1.82) is 0 Å². The monoisotopic (exact) mass is 804 g/mol. The predicted octanol–water partition coefficient (Wildman–Crippen LogP) is 14.2. The smallest absolute Gasteiger partial charge is 0.167 e. The van der Waals surface area contributed by atoms with Crippen LogP contribution in [0.3, 0.4) is 0 Å². The maximum Gasteiger partial charge on any atom is 0.167 e. The Morgan fingerprint density at radius 3 is 1.68 bits per heavy atom. The summed E-state index contributed by atoms with van der Waals surface area (Å²) >= 11 is 0. The van der Waals surface area contributed by atoms with Crippen molar-refractivity contribution < 1.29 is 4.42 Å². The normalized spacial score (nSPS) is 12.9. The largest absolute Gasteiger partial charge is 0.455 e. The van der Waals surface area contributed by atoms with E-state index in [-0.39, 0.29) is 0 Å². The van der Waals surface area contributed by atoms with E-state index in [1.165, 1.54) is 44.2 Å². The number of benzene rings is 9. The van der Waals surface area contributed by atoms with Gasteiger partial charge in [0.2, 0.25) is 0 Å². The van der Waals surface area contributed by atoms with Crippen LogP contribution in [0.1, 0.15) is 22.3 Å². The molecule has 5 heteroatoms. The van der Waals surface area contributed by atoms with Crippen LogP contribution >= 0.6 is 0 Å². The van der Waals surface area contributed by atoms with Gasteiger partial charge in [-0.25, -0.2) is 15.0 Å². The number of furan rings is 1. The summed E-state index contributed by atoms with van der Waals surface area (Å²) in [6, 6.07) is 77.6. The van der Waals surface area contributed by atoms with Crippen LogP contribution in [0.25, 0.3) is 94.7 Å². The molecule has 1 aliphatic carbocycles. The Labute approximate surface area is 363 Å². The third kappa shape index (κ3) is 5.27. The molecule has 0 bridgehead atoms. The summed E-state index contributed by atoms with van der Waals surface area (Å²) < 4.78 is 8.87. The lowest BCUT2D eigenvalue weighted by molar-refractivity contribution is 0.669. The van der Waals surface area contributed by atoms with Crippen LogP contribution in [-0.4, -0.2) is 19.5 Å². The van der Waals surface area contributed by atoms with Crippen molar-refractivity contribution >= 4 is 43.7 Å². The van der Waals surface area contributed by atoms with Crippen LogP contribution < -0.4 is 0 Å². The molecule has 12 aromatic rings. The third-order valence-electron chi connectivity index (χ3n) is 12.9. The van der Waals surface area contributed by atoms with Crippen molar-refractivity contribution in [1.82, 2.24) is 19.5 Å². The molecule has 0 amide bonds. The number of rotatable bonds is 6. The maximum absolute atomic E-state index is 6.46. The van der Waals surface area contributed by atoms with Crippen molar-refractivity contribution in [2.45, 2.75) is 5.41 Å². The Morgan fingerprint density at radius 2 is 0.937 bits per heavy atom. The highest BCUT2D eigenvalue weighted by Gasteiger charge is 2.46. The standard InChI is InChI=1S/C58H36N4O/c1-4-17-37(18-5-1)55-59-56(61-57(60-55)46-27-16-26-45-44-25-12-15-30-53(44)63-54(45)46)38-31-33-41(34-32-38)62-51-29-14-11-24-43(51)48-35-47-42-23-10-13-28-49(42)58(50(47)36-52(48)62,39-19-6-2-7-20-39)40-21-8-3-9-22-40/h1-36H. The van der Waals surface area contributed by atoms with Gasteiger partial charge in [0, 0.05) is 38.4 Å². The summed E-state index contributed by atoms with van der Waals surface area (Å²) in [6.07, 6.45) is 0. The first kappa shape index (κ1) is 35.4. The minimum Gasteiger partial charge on any atom is -0.455 e. The lowest BCUT2D eigenvalue weighted by Gasteiger charge is -2.34. The van der Waals surface area contributed by atoms with Crippen LogP contribution in [0.5, 0.6) is 0 Å². The molecule has 0 unspecified atom stereocenters. The van der Waals surface area contributed by atoms with Gasteiger partial charge in [-0.15, -0.1) is 0 Å². The molecule has 1 aliphatic rings. The number of para-hydroxylation sites is 3. The quantitative estimate of drug-likeness (QED) is 0.168. The fraction of sp³-hybridized carbons (Fsp3) is 0.0172. The third-order valence-corrected chi connectivity index (χ3v) is 12.9. The molecule has 3 heterocycles. The number of aromatic nitrogens is 4. The van der Waals surface area contributed by atoms with Crippen molar-refractivity contribution in [2.24, 2.45) is 0 Å². The van der Waals surface area contributed by atoms with E-state index in [0.717, 1.165) is 55.3 Å². The second kappa shape index (κ2) is 13.8. The van der Waals surface area contributed by atoms with Crippen molar-refractivity contribution in [3.05, 3.63) is 241 Å². The van der Waals surface area contributed by atoms with Gasteiger partial charge in [0.1, 0.15) is 11.2 Å². The van der Waals surface area contributed by atoms with Gasteiger partial charge < -0.3 is 8.98 Å². The molecule has 0 spiro atoms.